The standard InChI is InChI=1S/C54H54N6O9/c1-67-33-34-68-52(65)59-42-22-17-36(23-26-53(66)24-10-2-3-11-25-53)35-41(42)54(50(59)64)43(48(62)57-29-31-58(32-30-57)51-55-27-12-28-56-51)45-49(63)69-46(38-15-8-5-9-16-38)44(37-13-6-4-7-14-37)60(45)47(54)39-18-20-40(61)21-19-39/h4-9,12-22,27-28,35,43-47,61,66H,2-3,10-11,24-25,29-34H2,1H3. The molecular weight excluding hydrogens is 877 g/mol. The second kappa shape index (κ2) is 19.1. The Hall–Kier alpha value is -7.12. The number of imide groups is 1. The van der Waals surface area contributed by atoms with Crippen LogP contribution in [0.3, 0.4) is 0 Å². The van der Waals surface area contributed by atoms with Gasteiger partial charge >= 0.3 is 12.1 Å². The number of piperazine rings is 1. The number of aliphatic hydroxyl groups is 1. The third-order valence-electron chi connectivity index (χ3n) is 14.4. The van der Waals surface area contributed by atoms with Gasteiger partial charge in [0.1, 0.15) is 35.5 Å². The lowest BCUT2D eigenvalue weighted by molar-refractivity contribution is -0.179. The number of carbonyl (C=O) groups is 4. The number of hydrogen-bond donors (Lipinski definition) is 2. The summed E-state index contributed by atoms with van der Waals surface area (Å²) >= 11 is 0. The highest BCUT2D eigenvalue weighted by molar-refractivity contribution is 6.23. The van der Waals surface area contributed by atoms with Gasteiger partial charge in [0.25, 0.3) is 0 Å². The molecule has 0 bridgehead atoms. The molecule has 15 heteroatoms. The maximum absolute atomic E-state index is 16.5. The van der Waals surface area contributed by atoms with Gasteiger partial charge in [-0.2, -0.15) is 0 Å². The number of ether oxygens (including phenoxy) is 3. The van der Waals surface area contributed by atoms with Crippen molar-refractivity contribution in [2.75, 3.05) is 56.3 Å². The number of phenols is 1. The number of phenolic OH excluding ortho intramolecular Hbond substituents is 1. The highest BCUT2D eigenvalue weighted by atomic mass is 16.6. The number of rotatable bonds is 8. The van der Waals surface area contributed by atoms with Crippen molar-refractivity contribution in [3.8, 4) is 17.6 Å². The number of hydrogen-bond acceptors (Lipinski definition) is 13. The normalized spacial score (nSPS) is 25.2. The molecule has 3 saturated heterocycles. The highest BCUT2D eigenvalue weighted by Crippen LogP contribution is 2.66. The Bertz CT molecular complexity index is 2750. The number of esters is 1. The Morgan fingerprint density at radius 2 is 1.45 bits per heavy atom. The van der Waals surface area contributed by atoms with Gasteiger partial charge in [0.05, 0.1) is 30.3 Å². The van der Waals surface area contributed by atoms with E-state index >= 15 is 14.4 Å². The number of benzene rings is 4. The van der Waals surface area contributed by atoms with E-state index in [0.717, 1.165) is 36.1 Å². The number of methoxy groups -OCH3 is 1. The molecule has 5 heterocycles. The molecule has 6 atom stereocenters. The number of aromatic nitrogens is 2. The van der Waals surface area contributed by atoms with E-state index < -0.39 is 65.0 Å². The first-order valence-electron chi connectivity index (χ1n) is 23.7. The van der Waals surface area contributed by atoms with E-state index in [0.29, 0.717) is 48.6 Å². The van der Waals surface area contributed by atoms with Gasteiger partial charge in [-0.1, -0.05) is 97.5 Å². The number of amides is 3. The molecule has 4 aromatic carbocycles. The van der Waals surface area contributed by atoms with E-state index in [1.807, 2.05) is 70.5 Å². The fourth-order valence-corrected chi connectivity index (χ4v) is 11.3. The molecule has 4 fully saturated rings. The molecule has 354 valence electrons. The van der Waals surface area contributed by atoms with Crippen LogP contribution in [0.2, 0.25) is 0 Å². The molecule has 2 N–H and O–H groups in total. The summed E-state index contributed by atoms with van der Waals surface area (Å²) in [6.07, 6.45) is 6.11. The molecule has 3 amide bonds. The largest absolute Gasteiger partial charge is 0.508 e. The average molecular weight is 931 g/mol. The zero-order valence-electron chi connectivity index (χ0n) is 38.4. The zero-order valence-corrected chi connectivity index (χ0v) is 38.4. The molecule has 0 radical (unpaired) electrons. The Labute approximate surface area is 400 Å². The van der Waals surface area contributed by atoms with Crippen LogP contribution in [0.1, 0.15) is 84.5 Å². The minimum atomic E-state index is -2.04. The topological polar surface area (TPSA) is 175 Å². The predicted molar refractivity (Wildman–Crippen MR) is 254 cm³/mol. The number of carbonyl (C=O) groups excluding carboxylic acids is 4. The van der Waals surface area contributed by atoms with Crippen LogP contribution >= 0.6 is 0 Å². The van der Waals surface area contributed by atoms with Crippen molar-refractivity contribution in [3.05, 3.63) is 149 Å². The van der Waals surface area contributed by atoms with Crippen LogP contribution in [0.5, 0.6) is 5.75 Å². The maximum Gasteiger partial charge on any atom is 0.421 e. The lowest BCUT2D eigenvalue weighted by atomic mass is 9.64. The molecule has 5 aromatic rings. The second-order valence-corrected chi connectivity index (χ2v) is 18.4. The number of nitrogens with zero attached hydrogens (tertiary/aromatic N) is 6. The first kappa shape index (κ1) is 45.7. The van der Waals surface area contributed by atoms with Gasteiger partial charge in [0, 0.05) is 51.2 Å². The molecule has 1 saturated carbocycles. The van der Waals surface area contributed by atoms with Crippen LogP contribution in [0.15, 0.2) is 122 Å². The summed E-state index contributed by atoms with van der Waals surface area (Å²) in [7, 11) is 1.47. The van der Waals surface area contributed by atoms with Crippen LogP contribution < -0.4 is 9.80 Å². The fourth-order valence-electron chi connectivity index (χ4n) is 11.3. The van der Waals surface area contributed by atoms with Gasteiger partial charge in [0.15, 0.2) is 0 Å². The number of fused-ring (bicyclic) bond motifs is 3. The fraction of sp³-hybridized carbons (Fsp3) is 0.370. The van der Waals surface area contributed by atoms with Crippen molar-refractivity contribution < 1.29 is 43.6 Å². The monoisotopic (exact) mass is 930 g/mol. The van der Waals surface area contributed by atoms with Crippen molar-refractivity contribution in [2.45, 2.75) is 73.8 Å². The van der Waals surface area contributed by atoms with Gasteiger partial charge in [0.2, 0.25) is 17.8 Å². The lowest BCUT2D eigenvalue weighted by Gasteiger charge is -2.46. The quantitative estimate of drug-likeness (QED) is 0.0756. The van der Waals surface area contributed by atoms with Crippen molar-refractivity contribution >= 4 is 35.5 Å². The van der Waals surface area contributed by atoms with Crippen molar-refractivity contribution in [1.29, 1.82) is 0 Å². The molecule has 5 aliphatic rings. The molecule has 4 aliphatic heterocycles. The minimum absolute atomic E-state index is 0.0365. The molecule has 1 aliphatic carbocycles. The summed E-state index contributed by atoms with van der Waals surface area (Å²) in [6.45, 7) is 1.03. The minimum Gasteiger partial charge on any atom is -0.508 e. The van der Waals surface area contributed by atoms with Crippen LogP contribution in [-0.4, -0.2) is 112 Å². The Balaban J connectivity index is 1.23. The first-order chi connectivity index (χ1) is 33.6. The van der Waals surface area contributed by atoms with Crippen molar-refractivity contribution in [1.82, 2.24) is 19.8 Å². The molecule has 69 heavy (non-hydrogen) atoms. The van der Waals surface area contributed by atoms with Gasteiger partial charge < -0.3 is 34.2 Å². The van der Waals surface area contributed by atoms with E-state index in [4.69, 9.17) is 14.2 Å². The molecular formula is C54H54N6O9. The number of cyclic esters (lactones) is 1. The second-order valence-electron chi connectivity index (χ2n) is 18.4. The predicted octanol–water partition coefficient (Wildman–Crippen LogP) is 6.42. The zero-order chi connectivity index (χ0) is 47.7. The third-order valence-corrected chi connectivity index (χ3v) is 14.4. The molecule has 1 spiro atoms. The van der Waals surface area contributed by atoms with E-state index in [2.05, 4.69) is 21.8 Å². The van der Waals surface area contributed by atoms with Gasteiger partial charge in [-0.3, -0.25) is 19.3 Å². The summed E-state index contributed by atoms with van der Waals surface area (Å²) in [5.74, 6) is 3.40. The molecule has 6 unspecified atom stereocenters. The highest BCUT2D eigenvalue weighted by Gasteiger charge is 2.76. The summed E-state index contributed by atoms with van der Waals surface area (Å²) < 4.78 is 17.6. The smallest absolute Gasteiger partial charge is 0.421 e. The van der Waals surface area contributed by atoms with E-state index in [-0.39, 0.29) is 43.3 Å². The number of morpholine rings is 1. The van der Waals surface area contributed by atoms with Gasteiger partial charge in [-0.05, 0) is 84.3 Å². The van der Waals surface area contributed by atoms with E-state index in [1.54, 1.807) is 53.7 Å². The lowest BCUT2D eigenvalue weighted by Crippen LogP contribution is -2.59. The molecule has 1 aromatic heterocycles. The summed E-state index contributed by atoms with van der Waals surface area (Å²) in [5.41, 5.74) is -0.428. The SMILES string of the molecule is COCCOC(=O)N1C(=O)C2(c3cc(C#CC4(O)CCCCCC4)ccc31)C(C(=O)N1CCN(c3ncccn3)CC1)C1C(=O)OC(c3ccccc3)C(c3ccccc3)N1C2c1ccc(O)cc1. The van der Waals surface area contributed by atoms with E-state index in [9.17, 15) is 15.0 Å². The van der Waals surface area contributed by atoms with Crippen LogP contribution in [0.4, 0.5) is 16.4 Å². The van der Waals surface area contributed by atoms with E-state index in [1.165, 1.54) is 19.2 Å². The Kier molecular flexibility index (Phi) is 12.6. The Morgan fingerprint density at radius 3 is 2.12 bits per heavy atom. The summed E-state index contributed by atoms with van der Waals surface area (Å²) in [4.78, 5) is 78.2. The van der Waals surface area contributed by atoms with Crippen LogP contribution in [-0.2, 0) is 34.0 Å². The molecule has 15 nitrogen and oxygen atoms in total. The first-order valence-corrected chi connectivity index (χ1v) is 23.7. The van der Waals surface area contributed by atoms with Crippen molar-refractivity contribution in [2.24, 2.45) is 5.92 Å². The Morgan fingerprint density at radius 1 is 0.783 bits per heavy atom. The van der Waals surface area contributed by atoms with Crippen LogP contribution in [0, 0.1) is 17.8 Å². The average Bonchev–Trinajstić information content (AvgIpc) is 3.72. The molecule has 10 rings (SSSR count). The van der Waals surface area contributed by atoms with Crippen LogP contribution in [0.25, 0.3) is 0 Å². The number of aromatic hydroxyl groups is 1. The van der Waals surface area contributed by atoms with Gasteiger partial charge in [-0.15, -0.1) is 0 Å². The number of anilines is 2. The van der Waals surface area contributed by atoms with Gasteiger partial charge in [-0.25, -0.2) is 19.7 Å². The summed E-state index contributed by atoms with van der Waals surface area (Å²) in [6, 6.07) is 28.8. The summed E-state index contributed by atoms with van der Waals surface area (Å²) in [5, 5.41) is 22.5. The van der Waals surface area contributed by atoms with Crippen molar-refractivity contribution in [3.63, 3.8) is 0 Å². The maximum atomic E-state index is 16.5. The third kappa shape index (κ3) is 8.26.